The molecule has 4 rings (SSSR count). The van der Waals surface area contributed by atoms with E-state index in [0.29, 0.717) is 35.1 Å². The molecular formula is C26H25N3O4. The van der Waals surface area contributed by atoms with Crippen LogP contribution in [0.25, 0.3) is 0 Å². The fourth-order valence-electron chi connectivity index (χ4n) is 3.64. The smallest absolute Gasteiger partial charge is 0.319 e. The predicted octanol–water partition coefficient (Wildman–Crippen LogP) is 4.54. The number of rotatable bonds is 7. The monoisotopic (exact) mass is 443 g/mol. The van der Waals surface area contributed by atoms with Crippen molar-refractivity contribution in [1.82, 2.24) is 10.6 Å². The van der Waals surface area contributed by atoms with Crippen LogP contribution in [0.4, 0.5) is 10.5 Å². The number of nitrogens with one attached hydrogen (secondary N) is 3. The van der Waals surface area contributed by atoms with E-state index in [0.717, 1.165) is 11.1 Å². The molecule has 1 atom stereocenters. The Bertz CT molecular complexity index is 1170. The molecule has 0 saturated carbocycles. The van der Waals surface area contributed by atoms with Crippen molar-refractivity contribution >= 4 is 17.6 Å². The van der Waals surface area contributed by atoms with Gasteiger partial charge >= 0.3 is 6.03 Å². The van der Waals surface area contributed by atoms with Gasteiger partial charge in [0, 0.05) is 11.4 Å². The Balaban J connectivity index is 1.56. The van der Waals surface area contributed by atoms with Gasteiger partial charge in [-0.2, -0.15) is 0 Å². The van der Waals surface area contributed by atoms with Gasteiger partial charge in [-0.1, -0.05) is 42.5 Å². The maximum Gasteiger partial charge on any atom is 0.319 e. The van der Waals surface area contributed by atoms with Gasteiger partial charge in [0.15, 0.2) is 0 Å². The maximum absolute atomic E-state index is 13.2. The summed E-state index contributed by atoms with van der Waals surface area (Å²) in [5.74, 6) is 1.03. The van der Waals surface area contributed by atoms with Gasteiger partial charge in [0.2, 0.25) is 0 Å². The van der Waals surface area contributed by atoms with Gasteiger partial charge in [0.1, 0.15) is 18.1 Å². The molecule has 0 aliphatic carbocycles. The van der Waals surface area contributed by atoms with E-state index >= 15 is 0 Å². The van der Waals surface area contributed by atoms with Crippen molar-refractivity contribution in [1.29, 1.82) is 0 Å². The molecule has 33 heavy (non-hydrogen) atoms. The number of benzene rings is 3. The molecule has 3 amide bonds. The van der Waals surface area contributed by atoms with Gasteiger partial charge in [-0.15, -0.1) is 0 Å². The number of carbonyl (C=O) groups excluding carboxylic acids is 2. The second-order valence-electron chi connectivity index (χ2n) is 7.60. The first kappa shape index (κ1) is 22.0. The van der Waals surface area contributed by atoms with Crippen molar-refractivity contribution in [3.8, 4) is 11.5 Å². The first-order chi connectivity index (χ1) is 16.0. The zero-order valence-electron chi connectivity index (χ0n) is 18.4. The Morgan fingerprint density at radius 3 is 2.45 bits per heavy atom. The summed E-state index contributed by atoms with van der Waals surface area (Å²) in [4.78, 5) is 25.4. The number of amides is 3. The van der Waals surface area contributed by atoms with Crippen molar-refractivity contribution in [3.05, 3.63) is 101 Å². The summed E-state index contributed by atoms with van der Waals surface area (Å²) in [6.45, 7) is 2.13. The number of allylic oxidation sites excluding steroid dienone is 1. The summed E-state index contributed by atoms with van der Waals surface area (Å²) in [6.07, 6.45) is 0. The summed E-state index contributed by atoms with van der Waals surface area (Å²) in [5.41, 5.74) is 3.33. The average molecular weight is 444 g/mol. The van der Waals surface area contributed by atoms with Crippen LogP contribution in [0.2, 0.25) is 0 Å². The molecule has 3 aromatic rings. The zero-order valence-corrected chi connectivity index (χ0v) is 18.4. The molecule has 1 aliphatic rings. The van der Waals surface area contributed by atoms with Crippen LogP contribution in [0, 0.1) is 0 Å². The van der Waals surface area contributed by atoms with Crippen LogP contribution in [-0.2, 0) is 11.4 Å². The molecule has 0 unspecified atom stereocenters. The van der Waals surface area contributed by atoms with E-state index in [-0.39, 0.29) is 11.9 Å². The Hall–Kier alpha value is -4.26. The van der Waals surface area contributed by atoms with E-state index in [1.165, 1.54) is 0 Å². The van der Waals surface area contributed by atoms with Crippen LogP contribution in [0.3, 0.4) is 0 Å². The van der Waals surface area contributed by atoms with Crippen LogP contribution in [0.15, 0.2) is 90.1 Å². The topological polar surface area (TPSA) is 88.7 Å². The van der Waals surface area contributed by atoms with Gasteiger partial charge < -0.3 is 25.4 Å². The summed E-state index contributed by atoms with van der Waals surface area (Å²) in [6, 6.07) is 23.3. The standard InChI is InChI=1S/C26H25N3O4/c1-17-23(25(30)28-20-11-13-21(32-2)14-12-20)24(29-26(31)27-17)19-9-6-10-22(15-19)33-16-18-7-4-3-5-8-18/h3-15,24H,16H2,1-2H3,(H,28,30)(H2,27,29,31)/t24-/m0/s1. The van der Waals surface area contributed by atoms with E-state index < -0.39 is 6.04 Å². The van der Waals surface area contributed by atoms with Crippen molar-refractivity contribution < 1.29 is 19.1 Å². The third kappa shape index (κ3) is 5.33. The second kappa shape index (κ2) is 9.91. The molecule has 1 aliphatic heterocycles. The van der Waals surface area contributed by atoms with Gasteiger partial charge in [0.05, 0.1) is 18.7 Å². The van der Waals surface area contributed by atoms with Crippen molar-refractivity contribution in [2.24, 2.45) is 0 Å². The molecule has 7 heteroatoms. The first-order valence-corrected chi connectivity index (χ1v) is 10.5. The van der Waals surface area contributed by atoms with Crippen molar-refractivity contribution in [2.75, 3.05) is 12.4 Å². The third-order valence-corrected chi connectivity index (χ3v) is 5.30. The van der Waals surface area contributed by atoms with Gasteiger partial charge in [-0.25, -0.2) is 4.79 Å². The highest BCUT2D eigenvalue weighted by molar-refractivity contribution is 6.06. The highest BCUT2D eigenvalue weighted by Crippen LogP contribution is 2.30. The lowest BCUT2D eigenvalue weighted by Crippen LogP contribution is -2.45. The SMILES string of the molecule is COc1ccc(NC(=O)C2=C(C)NC(=O)N[C@H]2c2cccc(OCc3ccccc3)c2)cc1. The largest absolute Gasteiger partial charge is 0.497 e. The van der Waals surface area contributed by atoms with Crippen molar-refractivity contribution in [3.63, 3.8) is 0 Å². The van der Waals surface area contributed by atoms with E-state index in [2.05, 4.69) is 16.0 Å². The molecule has 0 aromatic heterocycles. The second-order valence-corrected chi connectivity index (χ2v) is 7.60. The minimum atomic E-state index is -0.628. The van der Waals surface area contributed by atoms with E-state index in [1.54, 1.807) is 38.3 Å². The van der Waals surface area contributed by atoms with Gasteiger partial charge in [-0.05, 0) is 54.4 Å². The van der Waals surface area contributed by atoms with E-state index in [1.807, 2.05) is 54.6 Å². The summed E-state index contributed by atoms with van der Waals surface area (Å²) in [5, 5.41) is 8.44. The average Bonchev–Trinajstić information content (AvgIpc) is 2.83. The van der Waals surface area contributed by atoms with E-state index in [9.17, 15) is 9.59 Å². The van der Waals surface area contributed by atoms with Gasteiger partial charge in [-0.3, -0.25) is 4.79 Å². The van der Waals surface area contributed by atoms with Crippen LogP contribution < -0.4 is 25.4 Å². The molecule has 7 nitrogen and oxygen atoms in total. The molecule has 0 spiro atoms. The minimum Gasteiger partial charge on any atom is -0.497 e. The quantitative estimate of drug-likeness (QED) is 0.500. The summed E-state index contributed by atoms with van der Waals surface area (Å²) >= 11 is 0. The highest BCUT2D eigenvalue weighted by Gasteiger charge is 2.31. The first-order valence-electron chi connectivity index (χ1n) is 10.5. The normalized spacial score (nSPS) is 15.3. The number of ether oxygens (including phenoxy) is 2. The molecule has 168 valence electrons. The lowest BCUT2D eigenvalue weighted by Gasteiger charge is -2.29. The minimum absolute atomic E-state index is 0.314. The molecule has 0 radical (unpaired) electrons. The summed E-state index contributed by atoms with van der Waals surface area (Å²) in [7, 11) is 1.58. The molecule has 3 N–H and O–H groups in total. The molecule has 0 saturated heterocycles. The fraction of sp³-hybridized carbons (Fsp3) is 0.154. The van der Waals surface area contributed by atoms with Gasteiger partial charge in [0.25, 0.3) is 5.91 Å². The molecular weight excluding hydrogens is 418 g/mol. The number of carbonyl (C=O) groups is 2. The number of hydrogen-bond acceptors (Lipinski definition) is 4. The third-order valence-electron chi connectivity index (χ3n) is 5.30. The van der Waals surface area contributed by atoms with Crippen molar-refractivity contribution in [2.45, 2.75) is 19.6 Å². The molecule has 3 aromatic carbocycles. The lowest BCUT2D eigenvalue weighted by atomic mass is 9.94. The molecule has 0 bridgehead atoms. The van der Waals surface area contributed by atoms with Crippen LogP contribution in [0.5, 0.6) is 11.5 Å². The predicted molar refractivity (Wildman–Crippen MR) is 126 cm³/mol. The fourth-order valence-corrected chi connectivity index (χ4v) is 3.64. The highest BCUT2D eigenvalue weighted by atomic mass is 16.5. The van der Waals surface area contributed by atoms with Crippen LogP contribution in [-0.4, -0.2) is 19.0 Å². The molecule has 1 heterocycles. The van der Waals surface area contributed by atoms with E-state index in [4.69, 9.17) is 9.47 Å². The number of urea groups is 1. The number of anilines is 1. The zero-order chi connectivity index (χ0) is 23.2. The maximum atomic E-state index is 13.2. The number of methoxy groups -OCH3 is 1. The Labute approximate surface area is 192 Å². The van der Waals surface area contributed by atoms with Crippen LogP contribution >= 0.6 is 0 Å². The Kier molecular flexibility index (Phi) is 6.59. The summed E-state index contributed by atoms with van der Waals surface area (Å²) < 4.78 is 11.1. The lowest BCUT2D eigenvalue weighted by molar-refractivity contribution is -0.113. The Morgan fingerprint density at radius 1 is 0.970 bits per heavy atom. The number of hydrogen-bond donors (Lipinski definition) is 3. The molecule has 0 fully saturated rings. The van der Waals surface area contributed by atoms with Crippen LogP contribution in [0.1, 0.15) is 24.1 Å². The Morgan fingerprint density at radius 2 is 1.73 bits per heavy atom.